The maximum Gasteiger partial charge on any atom is 0.311 e. The molecule has 0 heterocycles. The van der Waals surface area contributed by atoms with Crippen LogP contribution in [-0.2, 0) is 4.79 Å². The molecule has 0 saturated heterocycles. The van der Waals surface area contributed by atoms with Crippen LogP contribution in [0.2, 0.25) is 0 Å². The molecule has 1 fully saturated rings. The van der Waals surface area contributed by atoms with Crippen molar-refractivity contribution in [3.8, 4) is 0 Å². The molecule has 0 radical (unpaired) electrons. The summed E-state index contributed by atoms with van der Waals surface area (Å²) in [7, 11) is 0. The van der Waals surface area contributed by atoms with E-state index >= 15 is 0 Å². The summed E-state index contributed by atoms with van der Waals surface area (Å²) in [4.78, 5) is 10.1. The van der Waals surface area contributed by atoms with Crippen molar-refractivity contribution in [2.24, 2.45) is 11.8 Å². The molecular formula is C6H8O2. The molecule has 1 aliphatic rings. The highest BCUT2D eigenvalue weighted by atomic mass is 16.4. The molecule has 1 N–H and O–H groups in total. The van der Waals surface area contributed by atoms with Gasteiger partial charge in [-0.2, -0.15) is 0 Å². The Morgan fingerprint density at radius 1 is 1.88 bits per heavy atom. The Hall–Kier alpha value is -0.790. The Morgan fingerprint density at radius 2 is 2.25 bits per heavy atom. The second kappa shape index (κ2) is 1.34. The number of rotatable bonds is 1. The van der Waals surface area contributed by atoms with Gasteiger partial charge in [-0.3, -0.25) is 4.79 Å². The van der Waals surface area contributed by atoms with Crippen LogP contribution in [0, 0.1) is 11.8 Å². The lowest BCUT2D eigenvalue weighted by Gasteiger charge is -1.79. The van der Waals surface area contributed by atoms with Gasteiger partial charge >= 0.3 is 5.97 Å². The normalized spacial score (nSPS) is 34.9. The van der Waals surface area contributed by atoms with Gasteiger partial charge in [0.05, 0.1) is 5.92 Å². The van der Waals surface area contributed by atoms with E-state index in [4.69, 9.17) is 5.11 Å². The molecule has 0 amide bonds. The highest BCUT2D eigenvalue weighted by Gasteiger charge is 2.44. The SMILES string of the molecule is C=C1[C@H](C(=O)O)[C@@H]1C. The fraction of sp³-hybridized carbons (Fsp3) is 0.500. The van der Waals surface area contributed by atoms with Crippen molar-refractivity contribution in [2.75, 3.05) is 0 Å². The van der Waals surface area contributed by atoms with Gasteiger partial charge in [0.1, 0.15) is 0 Å². The lowest BCUT2D eigenvalue weighted by atomic mass is 10.3. The molecule has 0 aliphatic heterocycles. The van der Waals surface area contributed by atoms with Crippen molar-refractivity contribution in [2.45, 2.75) is 6.92 Å². The minimum Gasteiger partial charge on any atom is -0.481 e. The van der Waals surface area contributed by atoms with E-state index in [0.29, 0.717) is 0 Å². The second-order valence-electron chi connectivity index (χ2n) is 2.18. The van der Waals surface area contributed by atoms with Gasteiger partial charge < -0.3 is 5.11 Å². The Labute approximate surface area is 47.8 Å². The Bertz CT molecular complexity index is 141. The third-order valence-electron chi connectivity index (χ3n) is 1.64. The molecule has 44 valence electrons. The molecule has 1 saturated carbocycles. The molecule has 2 nitrogen and oxygen atoms in total. The first kappa shape index (κ1) is 5.35. The van der Waals surface area contributed by atoms with E-state index in [1.54, 1.807) is 0 Å². The standard InChI is InChI=1S/C6H8O2/c1-3-4(2)5(3)6(7)8/h4-5H,1H2,2H3,(H,7,8)/t4-,5+/m1/s1. The van der Waals surface area contributed by atoms with Crippen molar-refractivity contribution in [1.82, 2.24) is 0 Å². The quantitative estimate of drug-likeness (QED) is 0.511. The smallest absolute Gasteiger partial charge is 0.311 e. The molecule has 0 aromatic rings. The Kier molecular flexibility index (Phi) is 0.897. The minimum absolute atomic E-state index is 0.215. The molecule has 0 unspecified atom stereocenters. The van der Waals surface area contributed by atoms with Gasteiger partial charge in [-0.1, -0.05) is 19.1 Å². The van der Waals surface area contributed by atoms with Gasteiger partial charge in [0, 0.05) is 0 Å². The van der Waals surface area contributed by atoms with E-state index in [0.717, 1.165) is 5.57 Å². The van der Waals surface area contributed by atoms with E-state index in [1.807, 2.05) is 6.92 Å². The molecule has 0 aromatic heterocycles. The molecule has 2 heteroatoms. The summed E-state index contributed by atoms with van der Waals surface area (Å²) in [6.45, 7) is 5.45. The molecule has 1 rings (SSSR count). The zero-order valence-corrected chi connectivity index (χ0v) is 4.72. The number of carboxylic acids is 1. The maximum atomic E-state index is 10.1. The van der Waals surface area contributed by atoms with E-state index in [2.05, 4.69) is 6.58 Å². The van der Waals surface area contributed by atoms with Crippen LogP contribution < -0.4 is 0 Å². The first-order valence-electron chi connectivity index (χ1n) is 2.56. The van der Waals surface area contributed by atoms with E-state index in [1.165, 1.54) is 0 Å². The predicted octanol–water partition coefficient (Wildman–Crippen LogP) is 0.893. The van der Waals surface area contributed by atoms with E-state index in [-0.39, 0.29) is 11.8 Å². The number of carbonyl (C=O) groups is 1. The summed E-state index contributed by atoms with van der Waals surface area (Å²) in [6.07, 6.45) is 0. The van der Waals surface area contributed by atoms with Crippen LogP contribution in [-0.4, -0.2) is 11.1 Å². The van der Waals surface area contributed by atoms with Crippen LogP contribution in [0.3, 0.4) is 0 Å². The van der Waals surface area contributed by atoms with Crippen LogP contribution in [0.25, 0.3) is 0 Å². The Balaban J connectivity index is 2.57. The average Bonchev–Trinajstić information content (AvgIpc) is 2.15. The number of hydrogen-bond donors (Lipinski definition) is 1. The highest BCUT2D eigenvalue weighted by Crippen LogP contribution is 2.43. The van der Waals surface area contributed by atoms with Crippen LogP contribution in [0.4, 0.5) is 0 Å². The summed E-state index contributed by atoms with van der Waals surface area (Å²) >= 11 is 0. The molecule has 1 aliphatic carbocycles. The van der Waals surface area contributed by atoms with Crippen molar-refractivity contribution < 1.29 is 9.90 Å². The molecule has 0 aromatic carbocycles. The van der Waals surface area contributed by atoms with Crippen molar-refractivity contribution >= 4 is 5.97 Å². The van der Waals surface area contributed by atoms with Crippen LogP contribution in [0.5, 0.6) is 0 Å². The van der Waals surface area contributed by atoms with Crippen LogP contribution in [0.15, 0.2) is 12.2 Å². The van der Waals surface area contributed by atoms with Crippen molar-refractivity contribution in [3.63, 3.8) is 0 Å². The molecule has 0 spiro atoms. The van der Waals surface area contributed by atoms with E-state index < -0.39 is 5.97 Å². The number of aliphatic carboxylic acids is 1. The third-order valence-corrected chi connectivity index (χ3v) is 1.64. The third kappa shape index (κ3) is 0.529. The summed E-state index contributed by atoms with van der Waals surface area (Å²) in [5, 5.41) is 8.33. The maximum absolute atomic E-state index is 10.1. The number of carboxylic acid groups (broad SMARTS) is 1. The van der Waals surface area contributed by atoms with Gasteiger partial charge in [0.15, 0.2) is 0 Å². The molecular weight excluding hydrogens is 104 g/mol. The van der Waals surface area contributed by atoms with Crippen LogP contribution >= 0.6 is 0 Å². The topological polar surface area (TPSA) is 37.3 Å². The monoisotopic (exact) mass is 112 g/mol. The van der Waals surface area contributed by atoms with Gasteiger partial charge in [-0.05, 0) is 5.92 Å². The molecule has 2 atom stereocenters. The fourth-order valence-electron chi connectivity index (χ4n) is 0.836. The predicted molar refractivity (Wildman–Crippen MR) is 29.4 cm³/mol. The fourth-order valence-corrected chi connectivity index (χ4v) is 0.836. The highest BCUT2D eigenvalue weighted by molar-refractivity contribution is 5.79. The lowest BCUT2D eigenvalue weighted by molar-refractivity contribution is -0.138. The van der Waals surface area contributed by atoms with Gasteiger partial charge in [-0.15, -0.1) is 0 Å². The van der Waals surface area contributed by atoms with Crippen molar-refractivity contribution in [1.29, 1.82) is 0 Å². The van der Waals surface area contributed by atoms with Gasteiger partial charge in [-0.25, -0.2) is 0 Å². The van der Waals surface area contributed by atoms with Crippen LogP contribution in [0.1, 0.15) is 6.92 Å². The lowest BCUT2D eigenvalue weighted by Crippen LogP contribution is -1.97. The van der Waals surface area contributed by atoms with Gasteiger partial charge in [0.2, 0.25) is 0 Å². The zero-order valence-electron chi connectivity index (χ0n) is 4.72. The minimum atomic E-state index is -0.734. The zero-order chi connectivity index (χ0) is 6.31. The van der Waals surface area contributed by atoms with Gasteiger partial charge in [0.25, 0.3) is 0 Å². The summed E-state index contributed by atoms with van der Waals surface area (Å²) in [5.41, 5.74) is 0.859. The molecule has 0 bridgehead atoms. The number of hydrogen-bond acceptors (Lipinski definition) is 1. The Morgan fingerprint density at radius 3 is 2.25 bits per heavy atom. The first-order valence-corrected chi connectivity index (χ1v) is 2.56. The average molecular weight is 112 g/mol. The first-order chi connectivity index (χ1) is 3.64. The van der Waals surface area contributed by atoms with Crippen molar-refractivity contribution in [3.05, 3.63) is 12.2 Å². The van der Waals surface area contributed by atoms with E-state index in [9.17, 15) is 4.79 Å². The second-order valence-corrected chi connectivity index (χ2v) is 2.18. The summed E-state index contributed by atoms with van der Waals surface area (Å²) in [6, 6.07) is 0. The summed E-state index contributed by atoms with van der Waals surface area (Å²) in [5.74, 6) is -0.759. The molecule has 8 heavy (non-hydrogen) atoms. The summed E-state index contributed by atoms with van der Waals surface area (Å²) < 4.78 is 0. The largest absolute Gasteiger partial charge is 0.481 e.